The molecule has 1 aromatic carbocycles. The minimum absolute atomic E-state index is 0.253. The van der Waals surface area contributed by atoms with Crippen molar-refractivity contribution in [2.75, 3.05) is 0 Å². The van der Waals surface area contributed by atoms with Crippen LogP contribution in [0.1, 0.15) is 18.5 Å². The molecular formula is C10H11F4NO. The Morgan fingerprint density at radius 3 is 2.31 bits per heavy atom. The summed E-state index contributed by atoms with van der Waals surface area (Å²) in [7, 11) is 0. The predicted molar refractivity (Wildman–Crippen MR) is 50.6 cm³/mol. The fourth-order valence-electron chi connectivity index (χ4n) is 1.14. The molecule has 6 heteroatoms. The van der Waals surface area contributed by atoms with Crippen LogP contribution in [0.2, 0.25) is 0 Å². The van der Waals surface area contributed by atoms with Crippen LogP contribution in [0.15, 0.2) is 24.3 Å². The fraction of sp³-hybridized carbons (Fsp3) is 0.400. The van der Waals surface area contributed by atoms with Crippen molar-refractivity contribution >= 4 is 0 Å². The third-order valence-corrected chi connectivity index (χ3v) is 1.91. The number of hydrogen-bond acceptors (Lipinski definition) is 2. The van der Waals surface area contributed by atoms with E-state index in [1.54, 1.807) is 13.0 Å². The monoisotopic (exact) mass is 237 g/mol. The topological polar surface area (TPSA) is 35.2 Å². The lowest BCUT2D eigenvalue weighted by Crippen LogP contribution is -2.34. The van der Waals surface area contributed by atoms with Gasteiger partial charge >= 0.3 is 12.5 Å². The summed E-state index contributed by atoms with van der Waals surface area (Å²) in [4.78, 5) is 0. The average Bonchev–Trinajstić information content (AvgIpc) is 2.17. The highest BCUT2D eigenvalue weighted by Crippen LogP contribution is 2.31. The lowest BCUT2D eigenvalue weighted by molar-refractivity contribution is -0.253. The quantitative estimate of drug-likeness (QED) is 0.817. The molecule has 0 amide bonds. The molecular weight excluding hydrogens is 226 g/mol. The van der Waals surface area contributed by atoms with Gasteiger partial charge in [0.15, 0.2) is 0 Å². The number of para-hydroxylation sites is 1. The number of alkyl halides is 4. The summed E-state index contributed by atoms with van der Waals surface area (Å²) in [5.41, 5.74) is 5.75. The Labute approximate surface area is 90.0 Å². The molecule has 1 atom stereocenters. The molecule has 2 nitrogen and oxygen atoms in total. The van der Waals surface area contributed by atoms with E-state index in [4.69, 9.17) is 5.73 Å². The Morgan fingerprint density at radius 1 is 1.25 bits per heavy atom. The molecule has 0 unspecified atom stereocenters. The van der Waals surface area contributed by atoms with E-state index in [2.05, 4.69) is 4.74 Å². The Balaban J connectivity index is 2.97. The summed E-state index contributed by atoms with van der Waals surface area (Å²) >= 11 is 0. The van der Waals surface area contributed by atoms with Crippen LogP contribution < -0.4 is 10.5 Å². The van der Waals surface area contributed by atoms with Gasteiger partial charge in [-0.2, -0.15) is 17.6 Å². The first-order chi connectivity index (χ1) is 7.34. The first-order valence-corrected chi connectivity index (χ1v) is 4.54. The van der Waals surface area contributed by atoms with E-state index in [0.717, 1.165) is 0 Å². The summed E-state index contributed by atoms with van der Waals surface area (Å²) in [5.74, 6) is -0.331. The van der Waals surface area contributed by atoms with Gasteiger partial charge in [-0.3, -0.25) is 0 Å². The molecule has 0 bridgehead atoms. The van der Waals surface area contributed by atoms with E-state index in [0.29, 0.717) is 0 Å². The highest BCUT2D eigenvalue weighted by Gasteiger charge is 2.44. The molecule has 16 heavy (non-hydrogen) atoms. The number of benzene rings is 1. The van der Waals surface area contributed by atoms with Crippen LogP contribution in [-0.4, -0.2) is 12.5 Å². The van der Waals surface area contributed by atoms with Crippen LogP contribution >= 0.6 is 0 Å². The molecule has 2 N–H and O–H groups in total. The fourth-order valence-corrected chi connectivity index (χ4v) is 1.14. The molecule has 0 fully saturated rings. The van der Waals surface area contributed by atoms with Crippen molar-refractivity contribution in [1.82, 2.24) is 0 Å². The highest BCUT2D eigenvalue weighted by atomic mass is 19.3. The molecule has 90 valence electrons. The van der Waals surface area contributed by atoms with Gasteiger partial charge in [0, 0.05) is 11.6 Å². The van der Waals surface area contributed by atoms with Gasteiger partial charge in [-0.05, 0) is 13.0 Å². The molecule has 1 rings (SSSR count). The molecule has 1 aromatic rings. The maximum atomic E-state index is 12.7. The Morgan fingerprint density at radius 2 is 1.81 bits per heavy atom. The lowest BCUT2D eigenvalue weighted by Gasteiger charge is -2.20. The van der Waals surface area contributed by atoms with Crippen LogP contribution in [0.3, 0.4) is 0 Å². The third kappa shape index (κ3) is 2.85. The van der Waals surface area contributed by atoms with Crippen molar-refractivity contribution in [3.05, 3.63) is 29.8 Å². The number of hydrogen-bond donors (Lipinski definition) is 1. The van der Waals surface area contributed by atoms with Crippen LogP contribution in [0, 0.1) is 0 Å². The second-order valence-corrected chi connectivity index (χ2v) is 3.29. The van der Waals surface area contributed by atoms with E-state index < -0.39 is 18.6 Å². The van der Waals surface area contributed by atoms with Crippen LogP contribution in [0.4, 0.5) is 17.6 Å². The van der Waals surface area contributed by atoms with Crippen LogP contribution in [0.25, 0.3) is 0 Å². The lowest BCUT2D eigenvalue weighted by atomic mass is 10.1. The Bertz CT molecular complexity index is 354. The molecule has 0 radical (unpaired) electrons. The minimum atomic E-state index is -4.51. The van der Waals surface area contributed by atoms with Crippen molar-refractivity contribution in [2.45, 2.75) is 25.5 Å². The zero-order chi connectivity index (χ0) is 12.3. The maximum absolute atomic E-state index is 12.7. The number of rotatable bonds is 4. The summed E-state index contributed by atoms with van der Waals surface area (Å²) in [6.07, 6.45) is -8.39. The standard InChI is InChI=1S/C10H11F4NO/c1-6(15)7-4-2-3-5-8(7)16-10(13,14)9(11)12/h2-6,9H,15H2,1H3/t6-/m1/s1. The average molecular weight is 237 g/mol. The van der Waals surface area contributed by atoms with Gasteiger partial charge in [-0.25, -0.2) is 0 Å². The normalized spacial score (nSPS) is 13.9. The van der Waals surface area contributed by atoms with Crippen LogP contribution in [0.5, 0.6) is 5.75 Å². The van der Waals surface area contributed by atoms with Gasteiger partial charge in [0.05, 0.1) is 0 Å². The van der Waals surface area contributed by atoms with Gasteiger partial charge in [-0.15, -0.1) is 0 Å². The van der Waals surface area contributed by atoms with E-state index in [1.807, 2.05) is 0 Å². The minimum Gasteiger partial charge on any atom is -0.428 e. The number of halogens is 4. The summed E-state index contributed by atoms with van der Waals surface area (Å²) < 4.78 is 53.2. The summed E-state index contributed by atoms with van der Waals surface area (Å²) in [6, 6.07) is 5.01. The first-order valence-electron chi connectivity index (χ1n) is 4.54. The summed E-state index contributed by atoms with van der Waals surface area (Å²) in [5, 5.41) is 0. The van der Waals surface area contributed by atoms with Crippen molar-refractivity contribution < 1.29 is 22.3 Å². The van der Waals surface area contributed by atoms with Crippen molar-refractivity contribution in [2.24, 2.45) is 5.73 Å². The molecule has 0 heterocycles. The SMILES string of the molecule is C[C@@H](N)c1ccccc1OC(F)(F)C(F)F. The smallest absolute Gasteiger partial charge is 0.428 e. The molecule has 0 saturated heterocycles. The Kier molecular flexibility index (Phi) is 3.74. The molecule has 0 aliphatic rings. The van der Waals surface area contributed by atoms with Gasteiger partial charge < -0.3 is 10.5 Å². The molecule has 0 spiro atoms. The van der Waals surface area contributed by atoms with Crippen molar-refractivity contribution in [3.8, 4) is 5.75 Å². The molecule has 0 aromatic heterocycles. The molecule has 0 aliphatic carbocycles. The van der Waals surface area contributed by atoms with Gasteiger partial charge in [0.2, 0.25) is 0 Å². The van der Waals surface area contributed by atoms with Gasteiger partial charge in [0.25, 0.3) is 0 Å². The summed E-state index contributed by atoms with van der Waals surface area (Å²) in [6.45, 7) is 1.54. The predicted octanol–water partition coefficient (Wildman–Crippen LogP) is 2.94. The van der Waals surface area contributed by atoms with Gasteiger partial charge in [0.1, 0.15) is 5.75 Å². The van der Waals surface area contributed by atoms with Crippen LogP contribution in [-0.2, 0) is 0 Å². The first kappa shape index (κ1) is 12.8. The second-order valence-electron chi connectivity index (χ2n) is 3.29. The largest absolute Gasteiger partial charge is 0.461 e. The highest BCUT2D eigenvalue weighted by molar-refractivity contribution is 5.35. The van der Waals surface area contributed by atoms with Crippen molar-refractivity contribution in [3.63, 3.8) is 0 Å². The van der Waals surface area contributed by atoms with Crippen molar-refractivity contribution in [1.29, 1.82) is 0 Å². The third-order valence-electron chi connectivity index (χ3n) is 1.91. The molecule has 0 saturated carbocycles. The zero-order valence-electron chi connectivity index (χ0n) is 8.46. The van der Waals surface area contributed by atoms with Gasteiger partial charge in [-0.1, -0.05) is 18.2 Å². The zero-order valence-corrected chi connectivity index (χ0v) is 8.46. The van der Waals surface area contributed by atoms with E-state index in [-0.39, 0.29) is 11.3 Å². The van der Waals surface area contributed by atoms with E-state index >= 15 is 0 Å². The number of nitrogens with two attached hydrogens (primary N) is 1. The maximum Gasteiger partial charge on any atom is 0.461 e. The Hall–Kier alpha value is -1.30. The van der Waals surface area contributed by atoms with E-state index in [9.17, 15) is 17.6 Å². The molecule has 0 aliphatic heterocycles. The number of ether oxygens (including phenoxy) is 1. The second kappa shape index (κ2) is 4.69. The van der Waals surface area contributed by atoms with E-state index in [1.165, 1.54) is 18.2 Å².